The average molecular weight is 346 g/mol. The standard InChI is InChI=1S/C15H20ClNO4S/c1-2-22(19,20)13-8-11(7-12(16)9-13)10-17-15(18)14-5-3-4-6-21-14/h7-9,14H,2-6,10H2,1H3,(H,17,18)/t14-/m0/s1. The number of hydrogen-bond acceptors (Lipinski definition) is 4. The SMILES string of the molecule is CCS(=O)(=O)c1cc(Cl)cc(CNC(=O)[C@@H]2CCCCO2)c1. The molecule has 0 saturated carbocycles. The number of sulfone groups is 1. The first-order valence-electron chi connectivity index (χ1n) is 7.34. The van der Waals surface area contributed by atoms with Gasteiger partial charge in [-0.2, -0.15) is 0 Å². The van der Waals surface area contributed by atoms with Gasteiger partial charge in [-0.3, -0.25) is 4.79 Å². The Morgan fingerprint density at radius 3 is 2.77 bits per heavy atom. The van der Waals surface area contributed by atoms with E-state index in [0.717, 1.165) is 19.3 Å². The van der Waals surface area contributed by atoms with Gasteiger partial charge in [-0.05, 0) is 43.0 Å². The van der Waals surface area contributed by atoms with E-state index < -0.39 is 15.9 Å². The maximum absolute atomic E-state index is 12.0. The minimum atomic E-state index is -3.32. The fourth-order valence-corrected chi connectivity index (χ4v) is 3.61. The Morgan fingerprint density at radius 1 is 1.36 bits per heavy atom. The molecule has 0 unspecified atom stereocenters. The minimum absolute atomic E-state index is 0.00898. The highest BCUT2D eigenvalue weighted by Gasteiger charge is 2.21. The number of benzene rings is 1. The van der Waals surface area contributed by atoms with E-state index in [1.807, 2.05) is 0 Å². The number of hydrogen-bond donors (Lipinski definition) is 1. The second-order valence-corrected chi connectivity index (χ2v) is 7.99. The lowest BCUT2D eigenvalue weighted by molar-refractivity contribution is -0.135. The molecule has 1 N–H and O–H groups in total. The predicted octanol–water partition coefficient (Wildman–Crippen LogP) is 2.32. The molecular weight excluding hydrogens is 326 g/mol. The van der Waals surface area contributed by atoms with Crippen molar-refractivity contribution >= 4 is 27.3 Å². The van der Waals surface area contributed by atoms with Gasteiger partial charge in [-0.1, -0.05) is 18.5 Å². The Kier molecular flexibility index (Phi) is 5.83. The van der Waals surface area contributed by atoms with E-state index >= 15 is 0 Å². The quantitative estimate of drug-likeness (QED) is 0.888. The number of ether oxygens (including phenoxy) is 1. The van der Waals surface area contributed by atoms with Crippen LogP contribution in [0.2, 0.25) is 5.02 Å². The van der Waals surface area contributed by atoms with Crippen LogP contribution in [0.3, 0.4) is 0 Å². The van der Waals surface area contributed by atoms with E-state index in [2.05, 4.69) is 5.32 Å². The van der Waals surface area contributed by atoms with Crippen LogP contribution in [0, 0.1) is 0 Å². The number of carbonyl (C=O) groups is 1. The van der Waals surface area contributed by atoms with Crippen molar-refractivity contribution < 1.29 is 17.9 Å². The van der Waals surface area contributed by atoms with Gasteiger partial charge < -0.3 is 10.1 Å². The molecule has 1 saturated heterocycles. The second kappa shape index (κ2) is 7.44. The summed E-state index contributed by atoms with van der Waals surface area (Å²) < 4.78 is 29.3. The molecule has 5 nitrogen and oxygen atoms in total. The highest BCUT2D eigenvalue weighted by molar-refractivity contribution is 7.91. The van der Waals surface area contributed by atoms with E-state index in [9.17, 15) is 13.2 Å². The summed E-state index contributed by atoms with van der Waals surface area (Å²) >= 11 is 5.98. The Labute approximate surface area is 135 Å². The van der Waals surface area contributed by atoms with Crippen LogP contribution < -0.4 is 5.32 Å². The summed E-state index contributed by atoms with van der Waals surface area (Å²) in [6.07, 6.45) is 2.27. The van der Waals surface area contributed by atoms with Gasteiger partial charge in [0.2, 0.25) is 5.91 Å². The average Bonchev–Trinajstić information content (AvgIpc) is 2.53. The van der Waals surface area contributed by atoms with E-state index in [1.54, 1.807) is 19.1 Å². The van der Waals surface area contributed by atoms with Gasteiger partial charge in [-0.25, -0.2) is 8.42 Å². The van der Waals surface area contributed by atoms with Crippen LogP contribution in [-0.2, 0) is 25.9 Å². The van der Waals surface area contributed by atoms with Crippen molar-refractivity contribution in [3.63, 3.8) is 0 Å². The van der Waals surface area contributed by atoms with Crippen molar-refractivity contribution in [3.8, 4) is 0 Å². The van der Waals surface area contributed by atoms with Crippen LogP contribution >= 0.6 is 11.6 Å². The molecule has 1 aromatic carbocycles. The molecule has 1 aromatic rings. The normalized spacial score (nSPS) is 18.9. The van der Waals surface area contributed by atoms with E-state index in [-0.39, 0.29) is 23.1 Å². The number of rotatable bonds is 5. The van der Waals surface area contributed by atoms with Crippen LogP contribution in [0.1, 0.15) is 31.7 Å². The maximum Gasteiger partial charge on any atom is 0.249 e. The third-order valence-electron chi connectivity index (χ3n) is 3.61. The Balaban J connectivity index is 2.05. The molecule has 0 bridgehead atoms. The monoisotopic (exact) mass is 345 g/mol. The lowest BCUT2D eigenvalue weighted by Crippen LogP contribution is -2.38. The van der Waals surface area contributed by atoms with Gasteiger partial charge in [-0.15, -0.1) is 0 Å². The van der Waals surface area contributed by atoms with Gasteiger partial charge in [0, 0.05) is 18.2 Å². The molecule has 122 valence electrons. The van der Waals surface area contributed by atoms with Gasteiger partial charge in [0.05, 0.1) is 10.6 Å². The summed E-state index contributed by atoms with van der Waals surface area (Å²) in [6, 6.07) is 4.63. The smallest absolute Gasteiger partial charge is 0.249 e. The summed E-state index contributed by atoms with van der Waals surface area (Å²) in [7, 11) is -3.32. The van der Waals surface area contributed by atoms with Gasteiger partial charge >= 0.3 is 0 Å². The van der Waals surface area contributed by atoms with Gasteiger partial charge in [0.1, 0.15) is 6.10 Å². The Hall–Kier alpha value is -1.11. The van der Waals surface area contributed by atoms with Crippen molar-refractivity contribution in [2.24, 2.45) is 0 Å². The first-order chi connectivity index (χ1) is 10.4. The number of nitrogens with one attached hydrogen (secondary N) is 1. The number of carbonyl (C=O) groups excluding carboxylic acids is 1. The highest BCUT2D eigenvalue weighted by atomic mass is 35.5. The van der Waals surface area contributed by atoms with Crippen LogP contribution in [0.15, 0.2) is 23.1 Å². The molecule has 0 aromatic heterocycles. The summed E-state index contributed by atoms with van der Waals surface area (Å²) in [4.78, 5) is 12.2. The molecule has 1 amide bonds. The molecule has 7 heteroatoms. The zero-order valence-electron chi connectivity index (χ0n) is 12.5. The number of halogens is 1. The van der Waals surface area contributed by atoms with Crippen molar-refractivity contribution in [1.29, 1.82) is 0 Å². The molecule has 0 spiro atoms. The molecule has 22 heavy (non-hydrogen) atoms. The van der Waals surface area contributed by atoms with Crippen molar-refractivity contribution in [1.82, 2.24) is 5.32 Å². The highest BCUT2D eigenvalue weighted by Crippen LogP contribution is 2.20. The molecule has 1 atom stereocenters. The molecule has 1 aliphatic rings. The van der Waals surface area contributed by atoms with Crippen molar-refractivity contribution in [2.45, 2.75) is 43.7 Å². The first-order valence-corrected chi connectivity index (χ1v) is 9.37. The third-order valence-corrected chi connectivity index (χ3v) is 5.54. The van der Waals surface area contributed by atoms with Crippen molar-refractivity contribution in [3.05, 3.63) is 28.8 Å². The number of amides is 1. The summed E-state index contributed by atoms with van der Waals surface area (Å²) in [6.45, 7) is 2.41. The topological polar surface area (TPSA) is 72.5 Å². The Morgan fingerprint density at radius 2 is 2.14 bits per heavy atom. The molecule has 0 radical (unpaired) electrons. The van der Waals surface area contributed by atoms with Crippen LogP contribution in [0.4, 0.5) is 0 Å². The fourth-order valence-electron chi connectivity index (χ4n) is 2.32. The summed E-state index contributed by atoms with van der Waals surface area (Å²) in [5.41, 5.74) is 0.656. The lowest BCUT2D eigenvalue weighted by atomic mass is 10.1. The fraction of sp³-hybridized carbons (Fsp3) is 0.533. The predicted molar refractivity (Wildman–Crippen MR) is 84.6 cm³/mol. The maximum atomic E-state index is 12.0. The van der Waals surface area contributed by atoms with E-state index in [0.29, 0.717) is 17.2 Å². The zero-order chi connectivity index (χ0) is 16.2. The Bertz CT molecular complexity index is 639. The third kappa shape index (κ3) is 4.44. The molecule has 0 aliphatic carbocycles. The van der Waals surface area contributed by atoms with Crippen LogP contribution in [0.25, 0.3) is 0 Å². The first kappa shape index (κ1) is 17.2. The van der Waals surface area contributed by atoms with Crippen molar-refractivity contribution in [2.75, 3.05) is 12.4 Å². The molecule has 2 rings (SSSR count). The summed E-state index contributed by atoms with van der Waals surface area (Å²) in [5, 5.41) is 3.12. The second-order valence-electron chi connectivity index (χ2n) is 5.27. The molecular formula is C15H20ClNO4S. The minimum Gasteiger partial charge on any atom is -0.368 e. The zero-order valence-corrected chi connectivity index (χ0v) is 14.0. The molecule has 1 fully saturated rings. The largest absolute Gasteiger partial charge is 0.368 e. The van der Waals surface area contributed by atoms with Gasteiger partial charge in [0.15, 0.2) is 9.84 Å². The lowest BCUT2D eigenvalue weighted by Gasteiger charge is -2.21. The van der Waals surface area contributed by atoms with Gasteiger partial charge in [0.25, 0.3) is 0 Å². The van der Waals surface area contributed by atoms with E-state index in [1.165, 1.54) is 6.07 Å². The van der Waals surface area contributed by atoms with Crippen LogP contribution in [0.5, 0.6) is 0 Å². The summed E-state index contributed by atoms with van der Waals surface area (Å²) in [5.74, 6) is -0.158. The van der Waals surface area contributed by atoms with E-state index in [4.69, 9.17) is 16.3 Å². The van der Waals surface area contributed by atoms with Crippen LogP contribution in [-0.4, -0.2) is 32.8 Å². The molecule has 1 heterocycles. The molecule has 1 aliphatic heterocycles.